The van der Waals surface area contributed by atoms with Gasteiger partial charge in [0, 0.05) is 26.4 Å². The van der Waals surface area contributed by atoms with Gasteiger partial charge in [0.05, 0.1) is 16.8 Å². The molecule has 3 rings (SSSR count). The number of nitrogens with zero attached hydrogens (tertiary/aromatic N) is 4. The highest BCUT2D eigenvalue weighted by Gasteiger charge is 2.12. The Morgan fingerprint density at radius 1 is 1.39 bits per heavy atom. The topological polar surface area (TPSA) is 61.4 Å². The van der Waals surface area contributed by atoms with Crippen molar-refractivity contribution < 1.29 is 9.53 Å². The summed E-state index contributed by atoms with van der Waals surface area (Å²) in [5.74, 6) is -0.327. The molecule has 0 bridgehead atoms. The smallest absolute Gasteiger partial charge is 0.300 e. The van der Waals surface area contributed by atoms with Crippen LogP contribution < -0.4 is 4.80 Å². The van der Waals surface area contributed by atoms with E-state index < -0.39 is 0 Å². The van der Waals surface area contributed by atoms with Crippen LogP contribution in [0.4, 0.5) is 0 Å². The summed E-state index contributed by atoms with van der Waals surface area (Å²) in [4.78, 5) is 17.4. The lowest BCUT2D eigenvalue weighted by Gasteiger charge is -2.03. The van der Waals surface area contributed by atoms with Crippen molar-refractivity contribution in [3.05, 3.63) is 46.5 Å². The van der Waals surface area contributed by atoms with E-state index in [0.29, 0.717) is 23.6 Å². The molecular weight excluding hydrogens is 312 g/mol. The molecule has 0 aliphatic carbocycles. The largest absolute Gasteiger partial charge is 0.383 e. The van der Waals surface area contributed by atoms with E-state index in [1.54, 1.807) is 17.9 Å². The summed E-state index contributed by atoms with van der Waals surface area (Å²) >= 11 is 1.49. The highest BCUT2D eigenvalue weighted by molar-refractivity contribution is 7.16. The number of hydrogen-bond donors (Lipinski definition) is 0. The minimum atomic E-state index is -0.327. The molecule has 3 aromatic rings. The maximum Gasteiger partial charge on any atom is 0.300 e. The van der Waals surface area contributed by atoms with Crippen molar-refractivity contribution in [2.24, 2.45) is 12.0 Å². The fourth-order valence-electron chi connectivity index (χ4n) is 2.31. The van der Waals surface area contributed by atoms with E-state index in [2.05, 4.69) is 10.1 Å². The minimum absolute atomic E-state index is 0.327. The van der Waals surface area contributed by atoms with Crippen molar-refractivity contribution in [3.8, 4) is 0 Å². The molecule has 0 spiro atoms. The van der Waals surface area contributed by atoms with Crippen LogP contribution in [0.3, 0.4) is 0 Å². The number of ether oxygens (including phenoxy) is 1. The maximum atomic E-state index is 12.4. The number of amides is 1. The Hall–Kier alpha value is -2.25. The standard InChI is InChI=1S/C16H18N4O2S/c1-11-10-12(18-19(11)2)15(21)17-16-20(8-9-22-3)13-6-4-5-7-14(13)23-16/h4-7,10H,8-9H2,1-3H3. The van der Waals surface area contributed by atoms with Gasteiger partial charge < -0.3 is 9.30 Å². The van der Waals surface area contributed by atoms with Crippen LogP contribution in [0.5, 0.6) is 0 Å². The van der Waals surface area contributed by atoms with Gasteiger partial charge in [0.1, 0.15) is 0 Å². The van der Waals surface area contributed by atoms with Crippen LogP contribution in [0.1, 0.15) is 16.2 Å². The van der Waals surface area contributed by atoms with E-state index in [1.807, 2.05) is 42.8 Å². The summed E-state index contributed by atoms with van der Waals surface area (Å²) in [6.45, 7) is 3.11. The molecule has 0 fully saturated rings. The van der Waals surface area contributed by atoms with E-state index in [9.17, 15) is 4.79 Å². The normalized spacial score (nSPS) is 12.2. The summed E-state index contributed by atoms with van der Waals surface area (Å²) in [6.07, 6.45) is 0. The van der Waals surface area contributed by atoms with Crippen LogP contribution in [0.2, 0.25) is 0 Å². The molecule has 0 unspecified atom stereocenters. The minimum Gasteiger partial charge on any atom is -0.383 e. The summed E-state index contributed by atoms with van der Waals surface area (Å²) < 4.78 is 9.94. The predicted octanol–water partition coefficient (Wildman–Crippen LogP) is 2.13. The van der Waals surface area contributed by atoms with Gasteiger partial charge in [0.2, 0.25) is 0 Å². The van der Waals surface area contributed by atoms with Crippen LogP contribution in [0.25, 0.3) is 10.2 Å². The average molecular weight is 330 g/mol. The molecule has 2 heterocycles. The van der Waals surface area contributed by atoms with Crippen molar-refractivity contribution >= 4 is 27.5 Å². The Morgan fingerprint density at radius 2 is 2.17 bits per heavy atom. The van der Waals surface area contributed by atoms with Crippen LogP contribution >= 0.6 is 11.3 Å². The highest BCUT2D eigenvalue weighted by Crippen LogP contribution is 2.16. The molecule has 1 amide bonds. The third kappa shape index (κ3) is 3.11. The van der Waals surface area contributed by atoms with Gasteiger partial charge in [-0.05, 0) is 25.1 Å². The molecule has 7 heteroatoms. The number of thiazole rings is 1. The van der Waals surface area contributed by atoms with Gasteiger partial charge in [-0.15, -0.1) is 0 Å². The van der Waals surface area contributed by atoms with Gasteiger partial charge in [-0.25, -0.2) is 0 Å². The third-order valence-electron chi connectivity index (χ3n) is 3.64. The number of fused-ring (bicyclic) bond motifs is 1. The van der Waals surface area contributed by atoms with E-state index in [4.69, 9.17) is 4.74 Å². The van der Waals surface area contributed by atoms with E-state index in [1.165, 1.54) is 11.3 Å². The second kappa shape index (κ2) is 6.47. The van der Waals surface area contributed by atoms with Crippen molar-refractivity contribution in [1.82, 2.24) is 14.3 Å². The van der Waals surface area contributed by atoms with Crippen molar-refractivity contribution in [2.75, 3.05) is 13.7 Å². The Kier molecular flexibility index (Phi) is 4.40. The van der Waals surface area contributed by atoms with Gasteiger partial charge in [-0.3, -0.25) is 9.48 Å². The predicted molar refractivity (Wildman–Crippen MR) is 89.5 cm³/mol. The molecule has 0 aliphatic heterocycles. The summed E-state index contributed by atoms with van der Waals surface area (Å²) in [5, 5.41) is 4.20. The summed E-state index contributed by atoms with van der Waals surface area (Å²) in [7, 11) is 3.47. The summed E-state index contributed by atoms with van der Waals surface area (Å²) in [6, 6.07) is 9.76. The van der Waals surface area contributed by atoms with Crippen LogP contribution in [0.15, 0.2) is 35.3 Å². The number of para-hydroxylation sites is 1. The molecule has 0 N–H and O–H groups in total. The molecular formula is C16H18N4O2S. The number of aromatic nitrogens is 3. The maximum absolute atomic E-state index is 12.4. The molecule has 0 aliphatic rings. The van der Waals surface area contributed by atoms with Gasteiger partial charge in [-0.2, -0.15) is 10.1 Å². The second-order valence-corrected chi connectivity index (χ2v) is 6.22. The quantitative estimate of drug-likeness (QED) is 0.736. The van der Waals surface area contributed by atoms with E-state index in [0.717, 1.165) is 15.9 Å². The first-order valence-corrected chi connectivity index (χ1v) is 8.09. The molecule has 1 aromatic carbocycles. The fourth-order valence-corrected chi connectivity index (χ4v) is 3.37. The zero-order valence-corrected chi connectivity index (χ0v) is 14.1. The number of rotatable bonds is 4. The molecule has 23 heavy (non-hydrogen) atoms. The molecule has 0 radical (unpaired) electrons. The Balaban J connectivity index is 2.08. The van der Waals surface area contributed by atoms with E-state index >= 15 is 0 Å². The SMILES string of the molecule is COCCn1c(=NC(=O)c2cc(C)n(C)n2)sc2ccccc21. The number of benzene rings is 1. The number of hydrogen-bond acceptors (Lipinski definition) is 4. The van der Waals surface area contributed by atoms with Crippen molar-refractivity contribution in [2.45, 2.75) is 13.5 Å². The Labute approximate surface area is 137 Å². The first-order valence-electron chi connectivity index (χ1n) is 7.27. The van der Waals surface area contributed by atoms with Crippen molar-refractivity contribution in [3.63, 3.8) is 0 Å². The Morgan fingerprint density at radius 3 is 2.87 bits per heavy atom. The van der Waals surface area contributed by atoms with Crippen LogP contribution in [0, 0.1) is 6.92 Å². The van der Waals surface area contributed by atoms with Gasteiger partial charge in [0.25, 0.3) is 5.91 Å². The molecule has 0 saturated heterocycles. The fraction of sp³-hybridized carbons (Fsp3) is 0.312. The van der Waals surface area contributed by atoms with Crippen LogP contribution in [-0.4, -0.2) is 34.0 Å². The molecule has 2 aromatic heterocycles. The average Bonchev–Trinajstić information content (AvgIpc) is 3.05. The lowest BCUT2D eigenvalue weighted by molar-refractivity contribution is 0.0992. The Bertz CT molecular complexity index is 900. The zero-order chi connectivity index (χ0) is 16.4. The number of aryl methyl sites for hydroxylation is 2. The molecule has 0 saturated carbocycles. The highest BCUT2D eigenvalue weighted by atomic mass is 32.1. The molecule has 120 valence electrons. The monoisotopic (exact) mass is 330 g/mol. The second-order valence-electron chi connectivity index (χ2n) is 5.21. The lowest BCUT2D eigenvalue weighted by atomic mass is 10.3. The summed E-state index contributed by atoms with van der Waals surface area (Å²) in [5.41, 5.74) is 2.34. The zero-order valence-electron chi connectivity index (χ0n) is 13.3. The number of carbonyl (C=O) groups excluding carboxylic acids is 1. The van der Waals surface area contributed by atoms with Crippen LogP contribution in [-0.2, 0) is 18.3 Å². The van der Waals surface area contributed by atoms with Gasteiger partial charge >= 0.3 is 0 Å². The van der Waals surface area contributed by atoms with Crippen molar-refractivity contribution in [1.29, 1.82) is 0 Å². The number of carbonyl (C=O) groups is 1. The first-order chi connectivity index (χ1) is 11.1. The first kappa shape index (κ1) is 15.6. The lowest BCUT2D eigenvalue weighted by Crippen LogP contribution is -2.19. The number of methoxy groups -OCH3 is 1. The van der Waals surface area contributed by atoms with Gasteiger partial charge in [0.15, 0.2) is 10.5 Å². The molecule has 6 nitrogen and oxygen atoms in total. The third-order valence-corrected chi connectivity index (χ3v) is 4.70. The van der Waals surface area contributed by atoms with E-state index in [-0.39, 0.29) is 5.91 Å². The van der Waals surface area contributed by atoms with Gasteiger partial charge in [-0.1, -0.05) is 23.5 Å². The molecule has 0 atom stereocenters.